The molecule has 1 saturated heterocycles. The van der Waals surface area contributed by atoms with Gasteiger partial charge in [0.15, 0.2) is 17.2 Å². The van der Waals surface area contributed by atoms with Gasteiger partial charge in [0.25, 0.3) is 0 Å². The van der Waals surface area contributed by atoms with Gasteiger partial charge in [-0.15, -0.1) is 11.3 Å². The molecular formula is C32H33BrF6N2O7S2. The predicted octanol–water partition coefficient (Wildman–Crippen LogP) is 8.13. The summed E-state index contributed by atoms with van der Waals surface area (Å²) in [6.07, 6.45) is -9.58. The van der Waals surface area contributed by atoms with E-state index in [0.717, 1.165) is 15.6 Å². The van der Waals surface area contributed by atoms with Crippen LogP contribution in [0, 0.1) is 0 Å². The number of sulfonamides is 1. The lowest BCUT2D eigenvalue weighted by molar-refractivity contribution is -0.157. The van der Waals surface area contributed by atoms with Crippen LogP contribution in [-0.2, 0) is 42.4 Å². The van der Waals surface area contributed by atoms with Gasteiger partial charge in [0, 0.05) is 24.8 Å². The Morgan fingerprint density at radius 3 is 2.12 bits per heavy atom. The number of anilines is 1. The third-order valence-corrected chi connectivity index (χ3v) is 11.3. The number of nitrogens with one attached hydrogen (secondary N) is 1. The van der Waals surface area contributed by atoms with Crippen LogP contribution >= 0.6 is 27.3 Å². The number of alkyl halides is 6. The second kappa shape index (κ2) is 15.1. The van der Waals surface area contributed by atoms with Gasteiger partial charge in [-0.3, -0.25) is 0 Å². The number of methoxy groups -OCH3 is 1. The molecule has 4 rings (SSSR count). The molecule has 0 unspecified atom stereocenters. The molecule has 2 heterocycles. The second-order valence-electron chi connectivity index (χ2n) is 12.3. The molecule has 3 aromatic rings. The van der Waals surface area contributed by atoms with Gasteiger partial charge in [-0.05, 0) is 91.0 Å². The molecule has 0 saturated carbocycles. The summed E-state index contributed by atoms with van der Waals surface area (Å²) in [6, 6.07) is 7.70. The molecule has 1 aliphatic heterocycles. The van der Waals surface area contributed by atoms with Gasteiger partial charge in [-0.2, -0.15) is 26.3 Å². The normalized spacial score (nSPS) is 15.1. The molecule has 0 atom stereocenters. The highest BCUT2D eigenvalue weighted by atomic mass is 79.9. The average molecular weight is 816 g/mol. The molecule has 0 amide bonds. The zero-order valence-electron chi connectivity index (χ0n) is 27.1. The van der Waals surface area contributed by atoms with Crippen LogP contribution in [0.25, 0.3) is 10.4 Å². The van der Waals surface area contributed by atoms with Crippen molar-refractivity contribution in [2.45, 2.75) is 63.4 Å². The summed E-state index contributed by atoms with van der Waals surface area (Å²) in [6.45, 7) is 4.64. The first kappa shape index (κ1) is 39.4. The Kier molecular flexibility index (Phi) is 11.9. The van der Waals surface area contributed by atoms with Crippen LogP contribution in [0.2, 0.25) is 0 Å². The summed E-state index contributed by atoms with van der Waals surface area (Å²) in [5, 5.41) is 3.33. The van der Waals surface area contributed by atoms with E-state index in [4.69, 9.17) is 14.2 Å². The lowest BCUT2D eigenvalue weighted by atomic mass is 10.1. The first-order chi connectivity index (χ1) is 23.1. The molecule has 0 spiro atoms. The van der Waals surface area contributed by atoms with E-state index >= 15 is 0 Å². The fraction of sp³-hybridized carbons (Fsp3) is 0.438. The van der Waals surface area contributed by atoms with E-state index in [0.29, 0.717) is 45.6 Å². The van der Waals surface area contributed by atoms with Gasteiger partial charge < -0.3 is 19.5 Å². The third kappa shape index (κ3) is 10.1. The Hall–Kier alpha value is -3.35. The number of hydrogen-bond acceptors (Lipinski definition) is 9. The van der Waals surface area contributed by atoms with Crippen molar-refractivity contribution in [1.29, 1.82) is 0 Å². The Balaban J connectivity index is 1.45. The van der Waals surface area contributed by atoms with Gasteiger partial charge in [-0.25, -0.2) is 22.3 Å². The van der Waals surface area contributed by atoms with Crippen molar-refractivity contribution in [1.82, 2.24) is 4.31 Å². The fourth-order valence-electron chi connectivity index (χ4n) is 5.11. The summed E-state index contributed by atoms with van der Waals surface area (Å²) in [7, 11) is -3.04. The molecule has 1 N–H and O–H groups in total. The summed E-state index contributed by atoms with van der Waals surface area (Å²) in [5.41, 5.74) is -3.19. The van der Waals surface area contributed by atoms with Crippen molar-refractivity contribution >= 4 is 54.9 Å². The van der Waals surface area contributed by atoms with Crippen molar-refractivity contribution < 1.29 is 58.6 Å². The second-order valence-corrected chi connectivity index (χ2v) is 16.1. The zero-order chi connectivity index (χ0) is 37.2. The molecule has 50 heavy (non-hydrogen) atoms. The minimum atomic E-state index is -5.10. The number of nitrogens with zero attached hydrogens (tertiary/aromatic N) is 1. The summed E-state index contributed by atoms with van der Waals surface area (Å²) in [4.78, 5) is 25.5. The van der Waals surface area contributed by atoms with E-state index in [1.54, 1.807) is 45.0 Å². The van der Waals surface area contributed by atoms with E-state index in [-0.39, 0.29) is 35.8 Å². The van der Waals surface area contributed by atoms with Crippen LogP contribution < -0.4 is 10.1 Å². The number of carbonyl (C=O) groups is 2. The average Bonchev–Trinajstić information content (AvgIpc) is 3.33. The highest BCUT2D eigenvalue weighted by molar-refractivity contribution is 9.10. The Labute approximate surface area is 297 Å². The van der Waals surface area contributed by atoms with Crippen molar-refractivity contribution in [3.8, 4) is 16.2 Å². The number of esters is 2. The smallest absolute Gasteiger partial charge is 0.416 e. The molecule has 0 radical (unpaired) electrons. The fourth-order valence-corrected chi connectivity index (χ4v) is 8.61. The zero-order valence-corrected chi connectivity index (χ0v) is 30.3. The summed E-state index contributed by atoms with van der Waals surface area (Å²) >= 11 is 4.55. The summed E-state index contributed by atoms with van der Waals surface area (Å²) in [5.74, 6) is -2.22. The van der Waals surface area contributed by atoms with Crippen LogP contribution in [0.5, 0.6) is 5.75 Å². The third-order valence-electron chi connectivity index (χ3n) is 7.27. The maximum atomic E-state index is 13.3. The van der Waals surface area contributed by atoms with Gasteiger partial charge in [0.05, 0.1) is 33.3 Å². The monoisotopic (exact) mass is 814 g/mol. The molecule has 9 nitrogen and oxygen atoms in total. The number of thiophene rings is 1. The van der Waals surface area contributed by atoms with Crippen molar-refractivity contribution in [3.05, 3.63) is 68.5 Å². The minimum Gasteiger partial charge on any atom is -0.479 e. The molecule has 1 fully saturated rings. The quantitative estimate of drug-likeness (QED) is 0.162. The maximum absolute atomic E-state index is 13.3. The number of rotatable bonds is 10. The Bertz CT molecular complexity index is 1800. The number of piperidine rings is 1. The molecule has 2 aromatic carbocycles. The number of hydrogen-bond donors (Lipinski definition) is 1. The van der Waals surface area contributed by atoms with Gasteiger partial charge in [0.2, 0.25) is 10.0 Å². The SMILES string of the molecule is COC(=O)c1sc(-c2cccc(NC3CCN(S(=O)(=O)Cc4cc(C(F)(F)F)cc(C(F)(F)F)c4)CC3)c2)c(Br)c1OCC(=O)OC(C)(C)C. The van der Waals surface area contributed by atoms with Crippen molar-refractivity contribution in [2.75, 3.05) is 32.1 Å². The van der Waals surface area contributed by atoms with Gasteiger partial charge in [-0.1, -0.05) is 12.1 Å². The van der Waals surface area contributed by atoms with Crippen LogP contribution in [0.15, 0.2) is 46.9 Å². The molecule has 18 heteroatoms. The lowest BCUT2D eigenvalue weighted by Gasteiger charge is -2.32. The standard InChI is InChI=1S/C32H33BrF6N2O7S2/c1-30(2,3)48-24(42)16-47-26-25(33)27(49-28(26)29(43)46-4)19-6-5-7-23(14-19)40-22-8-10-41(11-9-22)50(44,45)17-18-12-20(31(34,35)36)15-21(13-18)32(37,38)39/h5-7,12-15,22,40H,8-11,16-17H2,1-4H3. The first-order valence-corrected chi connectivity index (χ1v) is 18.2. The van der Waals surface area contributed by atoms with E-state index < -0.39 is 69.0 Å². The largest absolute Gasteiger partial charge is 0.479 e. The van der Waals surface area contributed by atoms with E-state index in [9.17, 15) is 44.3 Å². The summed E-state index contributed by atoms with van der Waals surface area (Å²) < 4.78 is 123. The predicted molar refractivity (Wildman–Crippen MR) is 177 cm³/mol. The van der Waals surface area contributed by atoms with E-state index in [1.165, 1.54) is 7.11 Å². The number of halogens is 7. The van der Waals surface area contributed by atoms with Gasteiger partial charge >= 0.3 is 24.3 Å². The highest BCUT2D eigenvalue weighted by Crippen LogP contribution is 2.46. The molecule has 0 aliphatic carbocycles. The molecule has 1 aromatic heterocycles. The molecule has 0 bridgehead atoms. The number of ether oxygens (including phenoxy) is 3. The number of carbonyl (C=O) groups excluding carboxylic acids is 2. The maximum Gasteiger partial charge on any atom is 0.416 e. The van der Waals surface area contributed by atoms with Crippen LogP contribution in [0.3, 0.4) is 0 Å². The van der Waals surface area contributed by atoms with Crippen molar-refractivity contribution in [3.63, 3.8) is 0 Å². The van der Waals surface area contributed by atoms with E-state index in [2.05, 4.69) is 21.2 Å². The van der Waals surface area contributed by atoms with E-state index in [1.807, 2.05) is 0 Å². The topological polar surface area (TPSA) is 111 Å². The molecule has 274 valence electrons. The van der Waals surface area contributed by atoms with Crippen LogP contribution in [0.4, 0.5) is 32.0 Å². The molecular weight excluding hydrogens is 782 g/mol. The molecule has 1 aliphatic rings. The van der Waals surface area contributed by atoms with Gasteiger partial charge in [0.1, 0.15) is 5.60 Å². The highest BCUT2D eigenvalue weighted by Gasteiger charge is 2.38. The minimum absolute atomic E-state index is 0.0118. The van der Waals surface area contributed by atoms with Crippen LogP contribution in [-0.4, -0.2) is 63.1 Å². The Morgan fingerprint density at radius 2 is 1.58 bits per heavy atom. The lowest BCUT2D eigenvalue weighted by Crippen LogP contribution is -2.42. The van der Waals surface area contributed by atoms with Crippen molar-refractivity contribution in [2.24, 2.45) is 0 Å². The Morgan fingerprint density at radius 1 is 0.980 bits per heavy atom. The number of benzene rings is 2. The van der Waals surface area contributed by atoms with Crippen LogP contribution in [0.1, 0.15) is 60.0 Å². The first-order valence-electron chi connectivity index (χ1n) is 15.0.